The van der Waals surface area contributed by atoms with E-state index in [2.05, 4.69) is 15.2 Å². The van der Waals surface area contributed by atoms with E-state index in [1.54, 1.807) is 12.5 Å². The average molecular weight is 283 g/mol. The molecule has 0 saturated carbocycles. The summed E-state index contributed by atoms with van der Waals surface area (Å²) in [7, 11) is 1.97. The first-order valence-corrected chi connectivity index (χ1v) is 6.79. The Balaban J connectivity index is 1.66. The maximum atomic E-state index is 5.81. The van der Waals surface area contributed by atoms with E-state index < -0.39 is 0 Å². The van der Waals surface area contributed by atoms with Gasteiger partial charge < -0.3 is 9.64 Å². The summed E-state index contributed by atoms with van der Waals surface area (Å²) < 4.78 is 7.66. The number of ether oxygens (including phenoxy) is 1. The Morgan fingerprint density at radius 1 is 1.29 bits per heavy atom. The first-order chi connectivity index (χ1) is 10.3. The Bertz CT molecular complexity index is 740. The van der Waals surface area contributed by atoms with Crippen LogP contribution in [0.15, 0.2) is 43.0 Å². The average Bonchev–Trinajstić information content (AvgIpc) is 2.97. The number of para-hydroxylation sites is 1. The van der Waals surface area contributed by atoms with Crippen LogP contribution in [0.2, 0.25) is 0 Å². The van der Waals surface area contributed by atoms with Crippen LogP contribution in [0.5, 0.6) is 5.75 Å². The third-order valence-corrected chi connectivity index (χ3v) is 3.34. The molecule has 0 radical (unpaired) electrons. The summed E-state index contributed by atoms with van der Waals surface area (Å²) in [5.74, 6) is 1.71. The molecule has 0 aliphatic heterocycles. The number of aryl methyl sites for hydroxylation is 1. The maximum Gasteiger partial charge on any atom is 0.203 e. The minimum atomic E-state index is 0.582. The predicted octanol–water partition coefficient (Wildman–Crippen LogP) is 1.95. The number of likely N-dealkylation sites (N-methyl/N-ethyl adjacent to an activating group) is 1. The van der Waals surface area contributed by atoms with E-state index in [0.717, 1.165) is 22.8 Å². The number of fused-ring (bicyclic) bond motifs is 1. The lowest BCUT2D eigenvalue weighted by Gasteiger charge is -2.18. The van der Waals surface area contributed by atoms with Gasteiger partial charge in [-0.05, 0) is 18.6 Å². The number of anilines is 1. The van der Waals surface area contributed by atoms with E-state index in [0.29, 0.717) is 13.2 Å². The second-order valence-corrected chi connectivity index (χ2v) is 4.85. The monoisotopic (exact) mass is 283 g/mol. The highest BCUT2D eigenvalue weighted by Gasteiger charge is 2.10. The number of rotatable bonds is 5. The van der Waals surface area contributed by atoms with Gasteiger partial charge in [-0.1, -0.05) is 18.2 Å². The van der Waals surface area contributed by atoms with Crippen LogP contribution in [0.3, 0.4) is 0 Å². The highest BCUT2D eigenvalue weighted by molar-refractivity contribution is 5.62. The van der Waals surface area contributed by atoms with Gasteiger partial charge in [0.25, 0.3) is 0 Å². The highest BCUT2D eigenvalue weighted by Crippen LogP contribution is 2.17. The third-order valence-electron chi connectivity index (χ3n) is 3.34. The van der Waals surface area contributed by atoms with Gasteiger partial charge in [-0.25, -0.2) is 4.98 Å². The largest absolute Gasteiger partial charge is 0.491 e. The fraction of sp³-hybridized carbons (Fsp3) is 0.267. The lowest BCUT2D eigenvalue weighted by atomic mass is 10.2. The van der Waals surface area contributed by atoms with Gasteiger partial charge in [0, 0.05) is 19.4 Å². The molecule has 0 spiro atoms. The molecule has 2 aromatic heterocycles. The van der Waals surface area contributed by atoms with Gasteiger partial charge in [0.2, 0.25) is 5.65 Å². The van der Waals surface area contributed by atoms with Crippen molar-refractivity contribution in [3.63, 3.8) is 0 Å². The zero-order chi connectivity index (χ0) is 14.7. The number of benzene rings is 1. The van der Waals surface area contributed by atoms with Crippen molar-refractivity contribution in [2.45, 2.75) is 6.92 Å². The van der Waals surface area contributed by atoms with Gasteiger partial charge in [-0.2, -0.15) is 0 Å². The normalized spacial score (nSPS) is 10.8. The second kappa shape index (κ2) is 5.78. The molecule has 2 heterocycles. The molecule has 0 bridgehead atoms. The highest BCUT2D eigenvalue weighted by atomic mass is 16.5. The Kier molecular flexibility index (Phi) is 3.68. The molecule has 0 atom stereocenters. The predicted molar refractivity (Wildman–Crippen MR) is 80.7 cm³/mol. The molecule has 0 unspecified atom stereocenters. The van der Waals surface area contributed by atoms with Gasteiger partial charge in [-0.15, -0.1) is 10.2 Å². The van der Waals surface area contributed by atoms with Gasteiger partial charge >= 0.3 is 0 Å². The summed E-state index contributed by atoms with van der Waals surface area (Å²) in [5, 5.41) is 7.99. The summed E-state index contributed by atoms with van der Waals surface area (Å²) in [6.07, 6.45) is 5.24. The van der Waals surface area contributed by atoms with Crippen molar-refractivity contribution in [1.82, 2.24) is 19.6 Å². The van der Waals surface area contributed by atoms with E-state index >= 15 is 0 Å². The van der Waals surface area contributed by atoms with Gasteiger partial charge in [0.05, 0.1) is 6.54 Å². The summed E-state index contributed by atoms with van der Waals surface area (Å²) in [6, 6.07) is 8.00. The van der Waals surface area contributed by atoms with Crippen LogP contribution >= 0.6 is 0 Å². The molecule has 3 rings (SSSR count). The number of hydrogen-bond acceptors (Lipinski definition) is 5. The molecule has 0 aliphatic carbocycles. The molecule has 0 amide bonds. The summed E-state index contributed by atoms with van der Waals surface area (Å²) in [6.45, 7) is 3.34. The lowest BCUT2D eigenvalue weighted by Crippen LogP contribution is -2.25. The molecular weight excluding hydrogens is 266 g/mol. The van der Waals surface area contributed by atoms with Crippen LogP contribution in [0.4, 0.5) is 5.82 Å². The van der Waals surface area contributed by atoms with E-state index in [1.165, 1.54) is 0 Å². The van der Waals surface area contributed by atoms with E-state index in [9.17, 15) is 0 Å². The van der Waals surface area contributed by atoms with E-state index in [1.807, 2.05) is 53.7 Å². The topological polar surface area (TPSA) is 55.5 Å². The molecule has 6 heteroatoms. The van der Waals surface area contributed by atoms with Crippen molar-refractivity contribution >= 4 is 11.5 Å². The van der Waals surface area contributed by atoms with Gasteiger partial charge in [-0.3, -0.25) is 4.40 Å². The van der Waals surface area contributed by atoms with E-state index in [4.69, 9.17) is 4.74 Å². The molecule has 21 heavy (non-hydrogen) atoms. The van der Waals surface area contributed by atoms with Crippen molar-refractivity contribution in [3.05, 3.63) is 48.5 Å². The Hall–Kier alpha value is -2.63. The lowest BCUT2D eigenvalue weighted by molar-refractivity contribution is 0.323. The fourth-order valence-corrected chi connectivity index (χ4v) is 2.13. The van der Waals surface area contributed by atoms with Crippen molar-refractivity contribution in [1.29, 1.82) is 0 Å². The summed E-state index contributed by atoms with van der Waals surface area (Å²) >= 11 is 0. The first-order valence-electron chi connectivity index (χ1n) is 6.79. The zero-order valence-corrected chi connectivity index (χ0v) is 12.1. The third kappa shape index (κ3) is 2.79. The van der Waals surface area contributed by atoms with Crippen molar-refractivity contribution in [3.8, 4) is 5.75 Å². The second-order valence-electron chi connectivity index (χ2n) is 4.85. The van der Waals surface area contributed by atoms with Crippen molar-refractivity contribution in [2.24, 2.45) is 0 Å². The van der Waals surface area contributed by atoms with Crippen LogP contribution in [0.1, 0.15) is 5.56 Å². The van der Waals surface area contributed by atoms with Gasteiger partial charge in [0.1, 0.15) is 18.7 Å². The van der Waals surface area contributed by atoms with Crippen molar-refractivity contribution < 1.29 is 4.74 Å². The minimum absolute atomic E-state index is 0.582. The molecule has 0 saturated heterocycles. The zero-order valence-electron chi connectivity index (χ0n) is 12.1. The van der Waals surface area contributed by atoms with Crippen LogP contribution in [-0.2, 0) is 0 Å². The smallest absolute Gasteiger partial charge is 0.203 e. The van der Waals surface area contributed by atoms with Crippen LogP contribution in [-0.4, -0.2) is 39.8 Å². The SMILES string of the molecule is Cc1ccccc1OCCN(C)c1nccn2cnnc12. The van der Waals surface area contributed by atoms with Crippen LogP contribution < -0.4 is 9.64 Å². The molecule has 3 aromatic rings. The molecule has 0 aliphatic rings. The summed E-state index contributed by atoms with van der Waals surface area (Å²) in [4.78, 5) is 6.39. The molecular formula is C15H17N5O. The number of nitrogens with zero attached hydrogens (tertiary/aromatic N) is 5. The number of aromatic nitrogens is 4. The minimum Gasteiger partial charge on any atom is -0.491 e. The Morgan fingerprint density at radius 2 is 2.14 bits per heavy atom. The number of hydrogen-bond donors (Lipinski definition) is 0. The first kappa shape index (κ1) is 13.4. The standard InChI is InChI=1S/C15H17N5O/c1-12-5-3-4-6-13(12)21-10-9-19(2)14-15-18-17-11-20(15)8-7-16-14/h3-8,11H,9-10H2,1-2H3. The molecule has 6 nitrogen and oxygen atoms in total. The Labute approximate surface area is 123 Å². The van der Waals surface area contributed by atoms with Crippen molar-refractivity contribution in [2.75, 3.05) is 25.1 Å². The molecule has 108 valence electrons. The van der Waals surface area contributed by atoms with Gasteiger partial charge in [0.15, 0.2) is 5.82 Å². The Morgan fingerprint density at radius 3 is 3.00 bits per heavy atom. The van der Waals surface area contributed by atoms with E-state index in [-0.39, 0.29) is 0 Å². The maximum absolute atomic E-state index is 5.81. The van der Waals surface area contributed by atoms with Crippen LogP contribution in [0.25, 0.3) is 5.65 Å². The molecule has 0 N–H and O–H groups in total. The molecule has 0 fully saturated rings. The fourth-order valence-electron chi connectivity index (χ4n) is 2.13. The quantitative estimate of drug-likeness (QED) is 0.716. The van der Waals surface area contributed by atoms with Crippen LogP contribution in [0, 0.1) is 6.92 Å². The molecule has 1 aromatic carbocycles. The summed E-state index contributed by atoms with van der Waals surface area (Å²) in [5.41, 5.74) is 1.88.